The van der Waals surface area contributed by atoms with Gasteiger partial charge >= 0.3 is 0 Å². The van der Waals surface area contributed by atoms with E-state index in [2.05, 4.69) is 0 Å². The third kappa shape index (κ3) is 3.98. The van der Waals surface area contributed by atoms with Crippen LogP contribution >= 0.6 is 23.2 Å². The van der Waals surface area contributed by atoms with Crippen LogP contribution in [0.4, 0.5) is 0 Å². The number of carbonyl (C=O) groups is 1. The Balaban J connectivity index is 1.82. The minimum Gasteiger partial charge on any atom is -0.373 e. The molecular formula is C13H14Cl2O2. The molecule has 1 aromatic carbocycles. The van der Waals surface area contributed by atoms with Gasteiger partial charge in [-0.25, -0.2) is 0 Å². The molecule has 0 atom stereocenters. The van der Waals surface area contributed by atoms with E-state index in [1.165, 1.54) is 12.8 Å². The van der Waals surface area contributed by atoms with Crippen molar-refractivity contribution in [2.24, 2.45) is 5.92 Å². The Labute approximate surface area is 111 Å². The van der Waals surface area contributed by atoms with Crippen molar-refractivity contribution in [1.29, 1.82) is 0 Å². The quantitative estimate of drug-likeness (QED) is 0.578. The van der Waals surface area contributed by atoms with Gasteiger partial charge in [-0.05, 0) is 30.5 Å². The van der Waals surface area contributed by atoms with Crippen molar-refractivity contribution >= 4 is 29.0 Å². The number of ether oxygens (including phenoxy) is 1. The van der Waals surface area contributed by atoms with Crippen LogP contribution in [0.1, 0.15) is 29.6 Å². The Bertz CT molecular complexity index is 414. The molecule has 92 valence electrons. The Morgan fingerprint density at radius 3 is 2.82 bits per heavy atom. The van der Waals surface area contributed by atoms with Gasteiger partial charge in [0.25, 0.3) is 0 Å². The number of ketones is 1. The molecule has 17 heavy (non-hydrogen) atoms. The first-order valence-corrected chi connectivity index (χ1v) is 6.48. The SMILES string of the molecule is O=C(COCCC1CC1)c1cc(Cl)ccc1Cl. The minimum absolute atomic E-state index is 0.0762. The summed E-state index contributed by atoms with van der Waals surface area (Å²) < 4.78 is 5.34. The number of Topliss-reactive ketones (excluding diaryl/α,β-unsaturated/α-hetero) is 1. The Kier molecular flexibility index (Phi) is 4.43. The zero-order valence-corrected chi connectivity index (χ0v) is 10.9. The van der Waals surface area contributed by atoms with Crippen molar-refractivity contribution in [3.05, 3.63) is 33.8 Å². The highest BCUT2D eigenvalue weighted by Gasteiger charge is 2.20. The standard InChI is InChI=1S/C13H14Cl2O2/c14-10-3-4-12(15)11(7-10)13(16)8-17-6-5-9-1-2-9/h3-4,7,9H,1-2,5-6,8H2. The van der Waals surface area contributed by atoms with Crippen LogP contribution in [0.5, 0.6) is 0 Å². The molecule has 0 radical (unpaired) electrons. The number of halogens is 2. The van der Waals surface area contributed by atoms with Crippen LogP contribution in [0.2, 0.25) is 10.0 Å². The summed E-state index contributed by atoms with van der Waals surface area (Å²) in [4.78, 5) is 11.8. The van der Waals surface area contributed by atoms with E-state index in [0.717, 1.165) is 12.3 Å². The second kappa shape index (κ2) is 5.85. The van der Waals surface area contributed by atoms with E-state index in [9.17, 15) is 4.79 Å². The number of benzene rings is 1. The van der Waals surface area contributed by atoms with Crippen LogP contribution in [0.15, 0.2) is 18.2 Å². The molecule has 1 aliphatic carbocycles. The number of rotatable bonds is 6. The molecule has 1 aromatic rings. The van der Waals surface area contributed by atoms with Crippen molar-refractivity contribution in [2.45, 2.75) is 19.3 Å². The molecule has 2 rings (SSSR count). The minimum atomic E-state index is -0.117. The zero-order valence-electron chi connectivity index (χ0n) is 9.42. The lowest BCUT2D eigenvalue weighted by Gasteiger charge is -2.05. The third-order valence-electron chi connectivity index (χ3n) is 2.83. The first kappa shape index (κ1) is 12.9. The first-order valence-electron chi connectivity index (χ1n) is 5.73. The van der Waals surface area contributed by atoms with Gasteiger partial charge in [0, 0.05) is 17.2 Å². The molecule has 1 fully saturated rings. The average molecular weight is 273 g/mol. The molecule has 1 aliphatic rings. The molecule has 0 amide bonds. The van der Waals surface area contributed by atoms with Gasteiger partial charge in [-0.3, -0.25) is 4.79 Å². The van der Waals surface area contributed by atoms with E-state index in [0.29, 0.717) is 22.2 Å². The topological polar surface area (TPSA) is 26.3 Å². The molecule has 0 heterocycles. The van der Waals surface area contributed by atoms with Crippen molar-refractivity contribution in [2.75, 3.05) is 13.2 Å². The van der Waals surface area contributed by atoms with E-state index in [1.807, 2.05) is 0 Å². The molecule has 0 unspecified atom stereocenters. The molecule has 0 aliphatic heterocycles. The van der Waals surface area contributed by atoms with E-state index in [1.54, 1.807) is 18.2 Å². The van der Waals surface area contributed by atoms with Gasteiger partial charge in [0.2, 0.25) is 0 Å². The number of hydrogen-bond acceptors (Lipinski definition) is 2. The van der Waals surface area contributed by atoms with Crippen LogP contribution in [0.3, 0.4) is 0 Å². The predicted molar refractivity (Wildman–Crippen MR) is 69.0 cm³/mol. The van der Waals surface area contributed by atoms with Crippen molar-refractivity contribution in [3.8, 4) is 0 Å². The van der Waals surface area contributed by atoms with E-state index >= 15 is 0 Å². The van der Waals surface area contributed by atoms with Crippen LogP contribution < -0.4 is 0 Å². The molecule has 0 saturated heterocycles. The second-order valence-corrected chi connectivity index (χ2v) is 5.18. The number of hydrogen-bond donors (Lipinski definition) is 0. The molecule has 4 heteroatoms. The van der Waals surface area contributed by atoms with Gasteiger partial charge in [-0.2, -0.15) is 0 Å². The molecule has 0 bridgehead atoms. The molecule has 1 saturated carbocycles. The van der Waals surface area contributed by atoms with E-state index < -0.39 is 0 Å². The predicted octanol–water partition coefficient (Wildman–Crippen LogP) is 3.99. The summed E-state index contributed by atoms with van der Waals surface area (Å²) >= 11 is 11.7. The highest BCUT2D eigenvalue weighted by Crippen LogP contribution is 2.32. The zero-order chi connectivity index (χ0) is 12.3. The van der Waals surface area contributed by atoms with Gasteiger partial charge in [-0.1, -0.05) is 36.0 Å². The Morgan fingerprint density at radius 1 is 1.35 bits per heavy atom. The molecule has 0 spiro atoms. The lowest BCUT2D eigenvalue weighted by molar-refractivity contribution is 0.0749. The maximum Gasteiger partial charge on any atom is 0.190 e. The highest BCUT2D eigenvalue weighted by molar-refractivity contribution is 6.35. The van der Waals surface area contributed by atoms with Gasteiger partial charge in [0.1, 0.15) is 6.61 Å². The number of carbonyl (C=O) groups excluding carboxylic acids is 1. The first-order chi connectivity index (χ1) is 8.16. The summed E-state index contributed by atoms with van der Waals surface area (Å²) in [5.74, 6) is 0.702. The smallest absolute Gasteiger partial charge is 0.190 e. The van der Waals surface area contributed by atoms with E-state index in [4.69, 9.17) is 27.9 Å². The van der Waals surface area contributed by atoms with Gasteiger partial charge in [0.05, 0.1) is 5.02 Å². The summed E-state index contributed by atoms with van der Waals surface area (Å²) in [5.41, 5.74) is 0.436. The molecular weight excluding hydrogens is 259 g/mol. The highest BCUT2D eigenvalue weighted by atomic mass is 35.5. The van der Waals surface area contributed by atoms with Crippen molar-refractivity contribution in [1.82, 2.24) is 0 Å². The Morgan fingerprint density at radius 2 is 2.12 bits per heavy atom. The van der Waals surface area contributed by atoms with Crippen molar-refractivity contribution in [3.63, 3.8) is 0 Å². The summed E-state index contributed by atoms with van der Waals surface area (Å²) in [6.07, 6.45) is 3.66. The maximum atomic E-state index is 11.8. The van der Waals surface area contributed by atoms with Crippen LogP contribution in [-0.4, -0.2) is 19.0 Å². The monoisotopic (exact) mass is 272 g/mol. The summed E-state index contributed by atoms with van der Waals surface area (Å²) in [7, 11) is 0. The Hall–Kier alpha value is -0.570. The van der Waals surface area contributed by atoms with Crippen LogP contribution in [0, 0.1) is 5.92 Å². The third-order valence-corrected chi connectivity index (χ3v) is 3.39. The van der Waals surface area contributed by atoms with E-state index in [-0.39, 0.29) is 12.4 Å². The average Bonchev–Trinajstić information content (AvgIpc) is 3.11. The summed E-state index contributed by atoms with van der Waals surface area (Å²) in [6.45, 7) is 0.724. The van der Waals surface area contributed by atoms with Gasteiger partial charge in [-0.15, -0.1) is 0 Å². The second-order valence-electron chi connectivity index (χ2n) is 4.33. The van der Waals surface area contributed by atoms with Crippen LogP contribution in [-0.2, 0) is 4.74 Å². The van der Waals surface area contributed by atoms with Gasteiger partial charge < -0.3 is 4.74 Å². The molecule has 0 N–H and O–H groups in total. The lowest BCUT2D eigenvalue weighted by Crippen LogP contribution is -2.10. The molecule has 0 aromatic heterocycles. The normalized spacial score (nSPS) is 14.9. The van der Waals surface area contributed by atoms with Crippen LogP contribution in [0.25, 0.3) is 0 Å². The summed E-state index contributed by atoms with van der Waals surface area (Å²) in [5, 5.41) is 0.931. The largest absolute Gasteiger partial charge is 0.373 e. The lowest BCUT2D eigenvalue weighted by atomic mass is 10.1. The fourth-order valence-electron chi connectivity index (χ4n) is 1.61. The maximum absolute atomic E-state index is 11.8. The van der Waals surface area contributed by atoms with Crippen molar-refractivity contribution < 1.29 is 9.53 Å². The van der Waals surface area contributed by atoms with Gasteiger partial charge in [0.15, 0.2) is 5.78 Å². The fourth-order valence-corrected chi connectivity index (χ4v) is 2.01. The molecule has 2 nitrogen and oxygen atoms in total. The fraction of sp³-hybridized carbons (Fsp3) is 0.462. The summed E-state index contributed by atoms with van der Waals surface area (Å²) in [6, 6.07) is 4.87.